The van der Waals surface area contributed by atoms with Crippen molar-refractivity contribution in [3.8, 4) is 23.0 Å². The predicted molar refractivity (Wildman–Crippen MR) is 82.2 cm³/mol. The van der Waals surface area contributed by atoms with Crippen LogP contribution in [0.15, 0.2) is 42.5 Å². The molecular formula is C15H15O7P. The molecule has 0 aromatic heterocycles. The monoisotopic (exact) mass is 338 g/mol. The summed E-state index contributed by atoms with van der Waals surface area (Å²) in [6, 6.07) is 9.85. The van der Waals surface area contributed by atoms with E-state index in [-0.39, 0.29) is 17.1 Å². The van der Waals surface area contributed by atoms with Crippen LogP contribution >= 0.6 is 7.60 Å². The number of hydrogen-bond acceptors (Lipinski definition) is 5. The Balaban J connectivity index is 2.25. The van der Waals surface area contributed by atoms with Crippen LogP contribution in [0.4, 0.5) is 0 Å². The fourth-order valence-corrected chi connectivity index (χ4v) is 2.27. The van der Waals surface area contributed by atoms with Crippen LogP contribution in [0.1, 0.15) is 17.3 Å². The lowest BCUT2D eigenvalue weighted by atomic mass is 10.2. The summed E-state index contributed by atoms with van der Waals surface area (Å²) in [5.41, 5.74) is -1.59. The van der Waals surface area contributed by atoms with Crippen LogP contribution in [-0.4, -0.2) is 27.0 Å². The van der Waals surface area contributed by atoms with Crippen LogP contribution in [0.3, 0.4) is 0 Å². The average molecular weight is 338 g/mol. The van der Waals surface area contributed by atoms with Gasteiger partial charge in [0.2, 0.25) is 0 Å². The van der Waals surface area contributed by atoms with Gasteiger partial charge in [-0.1, -0.05) is 0 Å². The van der Waals surface area contributed by atoms with Crippen molar-refractivity contribution in [1.82, 2.24) is 0 Å². The van der Waals surface area contributed by atoms with E-state index >= 15 is 0 Å². The van der Waals surface area contributed by atoms with E-state index in [4.69, 9.17) is 19.3 Å². The van der Waals surface area contributed by atoms with Crippen molar-refractivity contribution < 1.29 is 33.7 Å². The molecule has 0 unspecified atom stereocenters. The number of carbonyl (C=O) groups is 1. The molecule has 3 N–H and O–H groups in total. The van der Waals surface area contributed by atoms with Gasteiger partial charge in [0.15, 0.2) is 11.5 Å². The Labute approximate surface area is 132 Å². The Hall–Kier alpha value is -2.34. The van der Waals surface area contributed by atoms with E-state index in [1.54, 1.807) is 24.3 Å². The van der Waals surface area contributed by atoms with Gasteiger partial charge in [-0.05, 0) is 49.4 Å². The summed E-state index contributed by atoms with van der Waals surface area (Å²) < 4.78 is 21.7. The molecule has 0 radical (unpaired) electrons. The molecular weight excluding hydrogens is 323 g/mol. The summed E-state index contributed by atoms with van der Waals surface area (Å²) in [6.07, 6.45) is 0. The van der Waals surface area contributed by atoms with Crippen LogP contribution < -0.4 is 9.47 Å². The standard InChI is InChI=1S/C15H15O7P/c1-2-21-11-4-6-12(7-5-11)22-14-9-10(3-8-13(14)16)15(17)23(18,19)20/h3-9,16H,2H2,1H3,(H2,18,19,20). The number of ether oxygens (including phenoxy) is 2. The minimum atomic E-state index is -4.90. The Kier molecular flexibility index (Phi) is 5.05. The second-order valence-electron chi connectivity index (χ2n) is 4.54. The van der Waals surface area contributed by atoms with Gasteiger partial charge in [0, 0.05) is 5.56 Å². The molecule has 23 heavy (non-hydrogen) atoms. The van der Waals surface area contributed by atoms with Gasteiger partial charge in [-0.2, -0.15) is 0 Å². The zero-order valence-corrected chi connectivity index (χ0v) is 13.1. The van der Waals surface area contributed by atoms with Gasteiger partial charge in [0.1, 0.15) is 11.5 Å². The van der Waals surface area contributed by atoms with E-state index < -0.39 is 13.1 Å². The van der Waals surface area contributed by atoms with Gasteiger partial charge in [-0.15, -0.1) is 0 Å². The Bertz CT molecular complexity index is 749. The number of carbonyl (C=O) groups excluding carboxylic acids is 1. The van der Waals surface area contributed by atoms with Crippen molar-refractivity contribution in [2.75, 3.05) is 6.61 Å². The van der Waals surface area contributed by atoms with Crippen LogP contribution in [0.5, 0.6) is 23.0 Å². The third-order valence-electron chi connectivity index (χ3n) is 2.83. The first-order valence-electron chi connectivity index (χ1n) is 6.65. The van der Waals surface area contributed by atoms with Gasteiger partial charge in [-0.25, -0.2) is 0 Å². The molecule has 0 aliphatic carbocycles. The smallest absolute Gasteiger partial charge is 0.396 e. The van der Waals surface area contributed by atoms with Crippen molar-refractivity contribution in [2.45, 2.75) is 6.92 Å². The van der Waals surface area contributed by atoms with Gasteiger partial charge < -0.3 is 24.4 Å². The number of phenols is 1. The lowest BCUT2D eigenvalue weighted by molar-refractivity contribution is 0.104. The summed E-state index contributed by atoms with van der Waals surface area (Å²) in [7, 11) is -4.90. The SMILES string of the molecule is CCOc1ccc(Oc2cc(C(=O)P(=O)(O)O)ccc2O)cc1. The van der Waals surface area contributed by atoms with E-state index in [9.17, 15) is 14.5 Å². The average Bonchev–Trinajstić information content (AvgIpc) is 2.50. The maximum Gasteiger partial charge on any atom is 0.396 e. The molecule has 0 saturated heterocycles. The van der Waals surface area contributed by atoms with Gasteiger partial charge in [0.25, 0.3) is 5.52 Å². The first-order chi connectivity index (χ1) is 10.8. The molecule has 0 atom stereocenters. The number of benzene rings is 2. The second kappa shape index (κ2) is 6.83. The topological polar surface area (TPSA) is 113 Å². The van der Waals surface area contributed by atoms with Crippen LogP contribution in [0, 0.1) is 0 Å². The third-order valence-corrected chi connectivity index (χ3v) is 3.62. The van der Waals surface area contributed by atoms with Crippen molar-refractivity contribution in [3.05, 3.63) is 48.0 Å². The number of aromatic hydroxyl groups is 1. The second-order valence-corrected chi connectivity index (χ2v) is 6.03. The van der Waals surface area contributed by atoms with Crippen molar-refractivity contribution in [2.24, 2.45) is 0 Å². The molecule has 0 amide bonds. The first kappa shape index (κ1) is 17.0. The summed E-state index contributed by atoms with van der Waals surface area (Å²) in [5, 5.41) is 9.76. The lowest BCUT2D eigenvalue weighted by Gasteiger charge is -2.10. The normalized spacial score (nSPS) is 11.1. The van der Waals surface area contributed by atoms with Crippen molar-refractivity contribution >= 4 is 13.1 Å². The van der Waals surface area contributed by atoms with E-state index in [2.05, 4.69) is 0 Å². The zero-order chi connectivity index (χ0) is 17.0. The Morgan fingerprint density at radius 3 is 2.26 bits per heavy atom. The molecule has 0 bridgehead atoms. The minimum Gasteiger partial charge on any atom is -0.504 e. The number of hydrogen-bond donors (Lipinski definition) is 3. The number of rotatable bonds is 6. The largest absolute Gasteiger partial charge is 0.504 e. The molecule has 0 fully saturated rings. The van der Waals surface area contributed by atoms with E-state index in [0.29, 0.717) is 18.1 Å². The highest BCUT2D eigenvalue weighted by Gasteiger charge is 2.28. The van der Waals surface area contributed by atoms with E-state index in [0.717, 1.165) is 18.2 Å². The summed E-state index contributed by atoms with van der Waals surface area (Å²) in [6.45, 7) is 2.37. The lowest BCUT2D eigenvalue weighted by Crippen LogP contribution is -2.00. The van der Waals surface area contributed by atoms with Crippen LogP contribution in [-0.2, 0) is 4.57 Å². The molecule has 0 saturated carbocycles. The molecule has 2 rings (SSSR count). The highest BCUT2D eigenvalue weighted by molar-refractivity contribution is 7.70. The zero-order valence-electron chi connectivity index (χ0n) is 12.2. The van der Waals surface area contributed by atoms with Gasteiger partial charge in [-0.3, -0.25) is 9.36 Å². The predicted octanol–water partition coefficient (Wildman–Crippen LogP) is 2.90. The van der Waals surface area contributed by atoms with Crippen molar-refractivity contribution in [1.29, 1.82) is 0 Å². The molecule has 0 aliphatic heterocycles. The highest BCUT2D eigenvalue weighted by Crippen LogP contribution is 2.41. The molecule has 0 aliphatic rings. The summed E-state index contributed by atoms with van der Waals surface area (Å²) in [5.74, 6) is 0.661. The van der Waals surface area contributed by atoms with E-state index in [1.807, 2.05) is 6.92 Å². The fourth-order valence-electron chi connectivity index (χ4n) is 1.79. The fraction of sp³-hybridized carbons (Fsp3) is 0.133. The molecule has 2 aromatic carbocycles. The quantitative estimate of drug-likeness (QED) is 0.694. The third kappa shape index (κ3) is 4.32. The highest BCUT2D eigenvalue weighted by atomic mass is 31.2. The number of phenolic OH excluding ortho intramolecular Hbond substituents is 1. The summed E-state index contributed by atoms with van der Waals surface area (Å²) in [4.78, 5) is 29.4. The molecule has 0 heterocycles. The van der Waals surface area contributed by atoms with Gasteiger partial charge >= 0.3 is 7.60 Å². The molecule has 122 valence electrons. The summed E-state index contributed by atoms with van der Waals surface area (Å²) >= 11 is 0. The van der Waals surface area contributed by atoms with Gasteiger partial charge in [0.05, 0.1) is 6.61 Å². The van der Waals surface area contributed by atoms with Crippen molar-refractivity contribution in [3.63, 3.8) is 0 Å². The van der Waals surface area contributed by atoms with E-state index in [1.165, 1.54) is 0 Å². The minimum absolute atomic E-state index is 0.0894. The Morgan fingerprint density at radius 2 is 1.70 bits per heavy atom. The maximum atomic E-state index is 11.6. The Morgan fingerprint density at radius 1 is 1.09 bits per heavy atom. The van der Waals surface area contributed by atoms with Crippen LogP contribution in [0.2, 0.25) is 0 Å². The molecule has 8 heteroatoms. The molecule has 0 spiro atoms. The first-order valence-corrected chi connectivity index (χ1v) is 8.26. The van der Waals surface area contributed by atoms with Crippen LogP contribution in [0.25, 0.3) is 0 Å². The maximum absolute atomic E-state index is 11.6. The molecule has 2 aromatic rings. The molecule has 7 nitrogen and oxygen atoms in total.